The Labute approximate surface area is 134 Å². The van der Waals surface area contributed by atoms with E-state index in [9.17, 15) is 4.79 Å². The standard InChI is InChI=1S/C16H19N5O2/c1-2-23-15(22)13-4-5-14(19-12-13)20-8-10-21(11-9-20)16-17-6-3-7-18-16/h3-7,12H,2,8-11H2,1H3. The van der Waals surface area contributed by atoms with E-state index in [0.717, 1.165) is 37.9 Å². The second-order valence-electron chi connectivity index (χ2n) is 5.15. The first-order chi connectivity index (χ1) is 11.3. The van der Waals surface area contributed by atoms with Crippen molar-refractivity contribution in [3.63, 3.8) is 0 Å². The maximum absolute atomic E-state index is 11.6. The summed E-state index contributed by atoms with van der Waals surface area (Å²) in [6.45, 7) is 5.50. The fraction of sp³-hybridized carbons (Fsp3) is 0.375. The number of hydrogen-bond acceptors (Lipinski definition) is 7. The van der Waals surface area contributed by atoms with Crippen LogP contribution in [0.2, 0.25) is 0 Å². The molecule has 0 atom stereocenters. The van der Waals surface area contributed by atoms with Gasteiger partial charge in [0.15, 0.2) is 0 Å². The molecule has 23 heavy (non-hydrogen) atoms. The van der Waals surface area contributed by atoms with E-state index in [2.05, 4.69) is 24.8 Å². The zero-order valence-corrected chi connectivity index (χ0v) is 13.1. The Kier molecular flexibility index (Phi) is 4.65. The molecule has 0 N–H and O–H groups in total. The summed E-state index contributed by atoms with van der Waals surface area (Å²) in [5.74, 6) is 1.29. The lowest BCUT2D eigenvalue weighted by molar-refractivity contribution is 0.0526. The first kappa shape index (κ1) is 15.2. The third kappa shape index (κ3) is 3.56. The van der Waals surface area contributed by atoms with Crippen LogP contribution in [0.3, 0.4) is 0 Å². The lowest BCUT2D eigenvalue weighted by Crippen LogP contribution is -2.47. The molecule has 0 saturated carbocycles. The molecule has 0 unspecified atom stereocenters. The maximum atomic E-state index is 11.6. The van der Waals surface area contributed by atoms with Crippen molar-refractivity contribution in [2.75, 3.05) is 42.6 Å². The summed E-state index contributed by atoms with van der Waals surface area (Å²) in [5, 5.41) is 0. The van der Waals surface area contributed by atoms with Crippen molar-refractivity contribution >= 4 is 17.7 Å². The van der Waals surface area contributed by atoms with Gasteiger partial charge in [0.25, 0.3) is 0 Å². The Morgan fingerprint density at radius 2 is 1.78 bits per heavy atom. The predicted octanol–water partition coefficient (Wildman–Crippen LogP) is 1.37. The van der Waals surface area contributed by atoms with Crippen LogP contribution in [-0.4, -0.2) is 53.7 Å². The molecule has 120 valence electrons. The van der Waals surface area contributed by atoms with E-state index < -0.39 is 0 Å². The third-order valence-corrected chi connectivity index (χ3v) is 3.70. The molecule has 1 fully saturated rings. The van der Waals surface area contributed by atoms with Crippen LogP contribution in [0.5, 0.6) is 0 Å². The summed E-state index contributed by atoms with van der Waals surface area (Å²) in [4.78, 5) is 28.9. The van der Waals surface area contributed by atoms with Gasteiger partial charge in [0.1, 0.15) is 5.82 Å². The van der Waals surface area contributed by atoms with Gasteiger partial charge in [-0.1, -0.05) is 0 Å². The van der Waals surface area contributed by atoms with Gasteiger partial charge in [0.2, 0.25) is 5.95 Å². The molecule has 0 spiro atoms. The molecule has 0 aliphatic carbocycles. The third-order valence-electron chi connectivity index (χ3n) is 3.70. The predicted molar refractivity (Wildman–Crippen MR) is 86.7 cm³/mol. The van der Waals surface area contributed by atoms with Crippen LogP contribution in [0.1, 0.15) is 17.3 Å². The highest BCUT2D eigenvalue weighted by atomic mass is 16.5. The summed E-state index contributed by atoms with van der Waals surface area (Å²) in [5.41, 5.74) is 0.479. The number of rotatable bonds is 4. The quantitative estimate of drug-likeness (QED) is 0.790. The van der Waals surface area contributed by atoms with Crippen molar-refractivity contribution in [3.05, 3.63) is 42.4 Å². The van der Waals surface area contributed by atoms with Crippen LogP contribution in [0.15, 0.2) is 36.8 Å². The van der Waals surface area contributed by atoms with E-state index in [1.54, 1.807) is 31.6 Å². The number of pyridine rings is 1. The van der Waals surface area contributed by atoms with Crippen molar-refractivity contribution in [2.45, 2.75) is 6.92 Å². The highest BCUT2D eigenvalue weighted by Crippen LogP contribution is 2.16. The molecule has 3 rings (SSSR count). The number of nitrogens with zero attached hydrogens (tertiary/aromatic N) is 5. The molecule has 1 aliphatic rings. The largest absolute Gasteiger partial charge is 0.462 e. The number of ether oxygens (including phenoxy) is 1. The second kappa shape index (κ2) is 7.04. The van der Waals surface area contributed by atoms with Gasteiger partial charge in [-0.15, -0.1) is 0 Å². The lowest BCUT2D eigenvalue weighted by Gasteiger charge is -2.35. The number of esters is 1. The summed E-state index contributed by atoms with van der Waals surface area (Å²) in [7, 11) is 0. The minimum Gasteiger partial charge on any atom is -0.462 e. The number of carbonyl (C=O) groups excluding carboxylic acids is 1. The van der Waals surface area contributed by atoms with Crippen molar-refractivity contribution < 1.29 is 9.53 Å². The number of aromatic nitrogens is 3. The molecule has 2 aromatic rings. The summed E-state index contributed by atoms with van der Waals surface area (Å²) in [6.07, 6.45) is 5.08. The maximum Gasteiger partial charge on any atom is 0.339 e. The average molecular weight is 313 g/mol. The van der Waals surface area contributed by atoms with E-state index in [-0.39, 0.29) is 5.97 Å². The second-order valence-corrected chi connectivity index (χ2v) is 5.15. The van der Waals surface area contributed by atoms with Crippen molar-refractivity contribution in [3.8, 4) is 0 Å². The normalized spacial score (nSPS) is 14.7. The Morgan fingerprint density at radius 3 is 2.39 bits per heavy atom. The molecular formula is C16H19N5O2. The van der Waals surface area contributed by atoms with Crippen molar-refractivity contribution in [1.82, 2.24) is 15.0 Å². The van der Waals surface area contributed by atoms with Gasteiger partial charge in [-0.25, -0.2) is 19.7 Å². The van der Waals surface area contributed by atoms with Gasteiger partial charge in [0.05, 0.1) is 12.2 Å². The van der Waals surface area contributed by atoms with Crippen LogP contribution >= 0.6 is 0 Å². The minimum absolute atomic E-state index is 0.336. The van der Waals surface area contributed by atoms with Gasteiger partial charge in [-0.2, -0.15) is 0 Å². The van der Waals surface area contributed by atoms with E-state index in [1.165, 1.54) is 0 Å². The summed E-state index contributed by atoms with van der Waals surface area (Å²) < 4.78 is 4.96. The summed E-state index contributed by atoms with van der Waals surface area (Å²) in [6, 6.07) is 5.43. The number of anilines is 2. The highest BCUT2D eigenvalue weighted by molar-refractivity contribution is 5.89. The van der Waals surface area contributed by atoms with E-state index >= 15 is 0 Å². The van der Waals surface area contributed by atoms with Gasteiger partial charge >= 0.3 is 5.97 Å². The summed E-state index contributed by atoms with van der Waals surface area (Å²) >= 11 is 0. The fourth-order valence-electron chi connectivity index (χ4n) is 2.50. The van der Waals surface area contributed by atoms with E-state index in [4.69, 9.17) is 4.74 Å². The Bertz CT molecular complexity index is 639. The van der Waals surface area contributed by atoms with Crippen molar-refractivity contribution in [1.29, 1.82) is 0 Å². The molecular weight excluding hydrogens is 294 g/mol. The van der Waals surface area contributed by atoms with E-state index in [1.807, 2.05) is 12.1 Å². The molecule has 0 amide bonds. The monoisotopic (exact) mass is 313 g/mol. The first-order valence-corrected chi connectivity index (χ1v) is 7.68. The van der Waals surface area contributed by atoms with Crippen LogP contribution in [-0.2, 0) is 4.74 Å². The first-order valence-electron chi connectivity index (χ1n) is 7.68. The fourth-order valence-corrected chi connectivity index (χ4v) is 2.50. The molecule has 0 bridgehead atoms. The van der Waals surface area contributed by atoms with Crippen LogP contribution in [0.25, 0.3) is 0 Å². The van der Waals surface area contributed by atoms with Gasteiger partial charge in [-0.05, 0) is 25.1 Å². The lowest BCUT2D eigenvalue weighted by atomic mass is 10.2. The Morgan fingerprint density at radius 1 is 1.09 bits per heavy atom. The van der Waals surface area contributed by atoms with E-state index in [0.29, 0.717) is 12.2 Å². The number of carbonyl (C=O) groups is 1. The van der Waals surface area contributed by atoms with Crippen LogP contribution < -0.4 is 9.80 Å². The van der Waals surface area contributed by atoms with Gasteiger partial charge in [0, 0.05) is 44.8 Å². The molecule has 2 aromatic heterocycles. The highest BCUT2D eigenvalue weighted by Gasteiger charge is 2.20. The smallest absolute Gasteiger partial charge is 0.339 e. The molecule has 7 nitrogen and oxygen atoms in total. The molecule has 0 radical (unpaired) electrons. The molecule has 0 aromatic carbocycles. The van der Waals surface area contributed by atoms with Gasteiger partial charge < -0.3 is 14.5 Å². The Hall–Kier alpha value is -2.70. The SMILES string of the molecule is CCOC(=O)c1ccc(N2CCN(c3ncccn3)CC2)nc1. The molecule has 1 saturated heterocycles. The molecule has 7 heteroatoms. The zero-order valence-electron chi connectivity index (χ0n) is 13.1. The van der Waals surface area contributed by atoms with Crippen molar-refractivity contribution in [2.24, 2.45) is 0 Å². The topological polar surface area (TPSA) is 71.5 Å². The van der Waals surface area contributed by atoms with Crippen LogP contribution in [0, 0.1) is 0 Å². The Balaban J connectivity index is 1.60. The number of hydrogen-bond donors (Lipinski definition) is 0. The zero-order chi connectivity index (χ0) is 16.1. The minimum atomic E-state index is -0.336. The molecule has 3 heterocycles. The molecule has 1 aliphatic heterocycles. The number of piperazine rings is 1. The van der Waals surface area contributed by atoms with Gasteiger partial charge in [-0.3, -0.25) is 0 Å². The average Bonchev–Trinajstić information content (AvgIpc) is 2.63. The van der Waals surface area contributed by atoms with Crippen LogP contribution in [0.4, 0.5) is 11.8 Å².